The van der Waals surface area contributed by atoms with Crippen LogP contribution in [-0.4, -0.2) is 24.4 Å². The highest BCUT2D eigenvalue weighted by atomic mass is 35.5. The molecule has 1 rings (SSSR count). The minimum atomic E-state index is -0.534. The summed E-state index contributed by atoms with van der Waals surface area (Å²) < 4.78 is 5.53. The van der Waals surface area contributed by atoms with E-state index in [9.17, 15) is 5.11 Å². The van der Waals surface area contributed by atoms with Gasteiger partial charge >= 0.3 is 0 Å². The summed E-state index contributed by atoms with van der Waals surface area (Å²) in [5.41, 5.74) is 0.904. The zero-order chi connectivity index (χ0) is 13.5. The summed E-state index contributed by atoms with van der Waals surface area (Å²) in [6.45, 7) is 5.53. The molecule has 1 unspecified atom stereocenters. The van der Waals surface area contributed by atoms with E-state index in [1.165, 1.54) is 0 Å². The molecular weight excluding hydrogens is 273 g/mol. The third-order valence-electron chi connectivity index (χ3n) is 2.30. The Morgan fingerprint density at radius 1 is 1.39 bits per heavy atom. The molecule has 0 aliphatic carbocycles. The summed E-state index contributed by atoms with van der Waals surface area (Å²) >= 11 is 12.1. The van der Waals surface area contributed by atoms with Crippen molar-refractivity contribution in [3.8, 4) is 5.75 Å². The number of nitrogens with one attached hydrogen (secondary N) is 1. The van der Waals surface area contributed by atoms with Crippen molar-refractivity contribution < 1.29 is 9.84 Å². The van der Waals surface area contributed by atoms with Crippen LogP contribution in [0, 0.1) is 0 Å². The number of ether oxygens (including phenoxy) is 1. The lowest BCUT2D eigenvalue weighted by atomic mass is 10.2. The lowest BCUT2D eigenvalue weighted by Crippen LogP contribution is -2.17. The third kappa shape index (κ3) is 5.02. The SMILES string of the molecule is CCCNCc1cc(Cl)cc(Cl)c1OCC(C)O. The van der Waals surface area contributed by atoms with Gasteiger partial charge in [-0.1, -0.05) is 30.1 Å². The minimum Gasteiger partial charge on any atom is -0.489 e. The van der Waals surface area contributed by atoms with E-state index in [0.29, 0.717) is 22.3 Å². The van der Waals surface area contributed by atoms with Crippen LogP contribution >= 0.6 is 23.2 Å². The van der Waals surface area contributed by atoms with E-state index < -0.39 is 6.10 Å². The van der Waals surface area contributed by atoms with Crippen LogP contribution in [0.5, 0.6) is 5.75 Å². The van der Waals surface area contributed by atoms with Gasteiger partial charge in [0.05, 0.1) is 11.1 Å². The van der Waals surface area contributed by atoms with Gasteiger partial charge in [-0.3, -0.25) is 0 Å². The van der Waals surface area contributed by atoms with E-state index in [0.717, 1.165) is 18.5 Å². The highest BCUT2D eigenvalue weighted by Gasteiger charge is 2.11. The van der Waals surface area contributed by atoms with Crippen LogP contribution in [0.3, 0.4) is 0 Å². The van der Waals surface area contributed by atoms with Gasteiger partial charge in [0.2, 0.25) is 0 Å². The Labute approximate surface area is 118 Å². The van der Waals surface area contributed by atoms with Gasteiger partial charge in [-0.25, -0.2) is 0 Å². The molecule has 1 aromatic rings. The van der Waals surface area contributed by atoms with E-state index in [1.54, 1.807) is 13.0 Å². The summed E-state index contributed by atoms with van der Waals surface area (Å²) in [5.74, 6) is 0.588. The van der Waals surface area contributed by atoms with Gasteiger partial charge in [0.15, 0.2) is 0 Å². The smallest absolute Gasteiger partial charge is 0.142 e. The Morgan fingerprint density at radius 3 is 2.72 bits per heavy atom. The maximum absolute atomic E-state index is 9.25. The first-order chi connectivity index (χ1) is 8.54. The Kier molecular flexibility index (Phi) is 6.79. The summed E-state index contributed by atoms with van der Waals surface area (Å²) in [4.78, 5) is 0. The Balaban J connectivity index is 2.83. The number of aliphatic hydroxyl groups is 1. The van der Waals surface area contributed by atoms with Crippen molar-refractivity contribution >= 4 is 23.2 Å². The second kappa shape index (κ2) is 7.85. The lowest BCUT2D eigenvalue weighted by Gasteiger charge is -2.15. The van der Waals surface area contributed by atoms with Crippen LogP contribution in [0.2, 0.25) is 10.0 Å². The summed E-state index contributed by atoms with van der Waals surface area (Å²) in [6, 6.07) is 3.47. The summed E-state index contributed by atoms with van der Waals surface area (Å²) in [7, 11) is 0. The van der Waals surface area contributed by atoms with E-state index >= 15 is 0 Å². The summed E-state index contributed by atoms with van der Waals surface area (Å²) in [6.07, 6.45) is 0.520. The molecule has 0 fully saturated rings. The first-order valence-electron chi connectivity index (χ1n) is 6.04. The molecule has 0 aliphatic rings. The molecular formula is C13H19Cl2NO2. The first-order valence-corrected chi connectivity index (χ1v) is 6.79. The standard InChI is InChI=1S/C13H19Cl2NO2/c1-3-4-16-7-10-5-11(14)6-12(15)13(10)18-8-9(2)17/h5-6,9,16-17H,3-4,7-8H2,1-2H3. The highest BCUT2D eigenvalue weighted by Crippen LogP contribution is 2.32. The molecule has 3 nitrogen and oxygen atoms in total. The van der Waals surface area contributed by atoms with Crippen LogP contribution in [0.15, 0.2) is 12.1 Å². The number of hydrogen-bond donors (Lipinski definition) is 2. The van der Waals surface area contributed by atoms with Crippen LogP contribution in [0.4, 0.5) is 0 Å². The van der Waals surface area contributed by atoms with Crippen molar-refractivity contribution in [3.63, 3.8) is 0 Å². The number of benzene rings is 1. The average molecular weight is 292 g/mol. The van der Waals surface area contributed by atoms with E-state index in [-0.39, 0.29) is 6.61 Å². The Bertz CT molecular complexity index is 383. The molecule has 18 heavy (non-hydrogen) atoms. The number of aliphatic hydroxyl groups excluding tert-OH is 1. The van der Waals surface area contributed by atoms with Crippen LogP contribution < -0.4 is 10.1 Å². The maximum Gasteiger partial charge on any atom is 0.142 e. The van der Waals surface area contributed by atoms with Crippen LogP contribution in [0.25, 0.3) is 0 Å². The molecule has 0 bridgehead atoms. The molecule has 0 saturated heterocycles. The summed E-state index contributed by atoms with van der Waals surface area (Å²) in [5, 5.41) is 13.6. The average Bonchev–Trinajstić information content (AvgIpc) is 2.27. The van der Waals surface area contributed by atoms with Crippen LogP contribution in [0.1, 0.15) is 25.8 Å². The molecule has 2 N–H and O–H groups in total. The molecule has 0 amide bonds. The Morgan fingerprint density at radius 2 is 2.11 bits per heavy atom. The van der Waals surface area contributed by atoms with Crippen molar-refractivity contribution in [1.29, 1.82) is 0 Å². The zero-order valence-corrected chi connectivity index (χ0v) is 12.2. The molecule has 1 aromatic carbocycles. The molecule has 0 radical (unpaired) electrons. The lowest BCUT2D eigenvalue weighted by molar-refractivity contribution is 0.122. The van der Waals surface area contributed by atoms with Gasteiger partial charge in [-0.2, -0.15) is 0 Å². The van der Waals surface area contributed by atoms with Crippen molar-refractivity contribution in [2.24, 2.45) is 0 Å². The second-order valence-corrected chi connectivity index (χ2v) is 5.06. The first kappa shape index (κ1) is 15.6. The van der Waals surface area contributed by atoms with Crippen molar-refractivity contribution in [2.45, 2.75) is 32.9 Å². The number of halogens is 2. The third-order valence-corrected chi connectivity index (χ3v) is 2.80. The van der Waals surface area contributed by atoms with E-state index in [4.69, 9.17) is 27.9 Å². The van der Waals surface area contributed by atoms with Gasteiger partial charge < -0.3 is 15.2 Å². The fourth-order valence-corrected chi connectivity index (χ4v) is 2.10. The fourth-order valence-electron chi connectivity index (χ4n) is 1.51. The van der Waals surface area contributed by atoms with Gasteiger partial charge in [-0.05, 0) is 32.0 Å². The molecule has 0 aliphatic heterocycles. The van der Waals surface area contributed by atoms with E-state index in [1.807, 2.05) is 6.07 Å². The predicted octanol–water partition coefficient (Wildman–Crippen LogP) is 3.25. The fraction of sp³-hybridized carbons (Fsp3) is 0.538. The zero-order valence-electron chi connectivity index (χ0n) is 10.7. The van der Waals surface area contributed by atoms with Gasteiger partial charge in [-0.15, -0.1) is 0 Å². The van der Waals surface area contributed by atoms with Crippen LogP contribution in [-0.2, 0) is 6.54 Å². The Hall–Kier alpha value is -0.480. The molecule has 1 atom stereocenters. The number of rotatable bonds is 7. The van der Waals surface area contributed by atoms with E-state index in [2.05, 4.69) is 12.2 Å². The molecule has 0 aromatic heterocycles. The molecule has 0 spiro atoms. The van der Waals surface area contributed by atoms with Gasteiger partial charge in [0, 0.05) is 17.1 Å². The van der Waals surface area contributed by atoms with Crippen molar-refractivity contribution in [1.82, 2.24) is 5.32 Å². The van der Waals surface area contributed by atoms with Gasteiger partial charge in [0.1, 0.15) is 12.4 Å². The molecule has 102 valence electrons. The molecule has 0 heterocycles. The van der Waals surface area contributed by atoms with Crippen molar-refractivity contribution in [3.05, 3.63) is 27.7 Å². The highest BCUT2D eigenvalue weighted by molar-refractivity contribution is 6.35. The van der Waals surface area contributed by atoms with Gasteiger partial charge in [0.25, 0.3) is 0 Å². The second-order valence-electron chi connectivity index (χ2n) is 4.21. The monoisotopic (exact) mass is 291 g/mol. The predicted molar refractivity (Wildman–Crippen MR) is 75.6 cm³/mol. The number of hydrogen-bond acceptors (Lipinski definition) is 3. The normalized spacial score (nSPS) is 12.5. The van der Waals surface area contributed by atoms with Crippen molar-refractivity contribution in [2.75, 3.05) is 13.2 Å². The largest absolute Gasteiger partial charge is 0.489 e. The molecule has 0 saturated carbocycles. The molecule has 5 heteroatoms. The quantitative estimate of drug-likeness (QED) is 0.758. The minimum absolute atomic E-state index is 0.210. The maximum atomic E-state index is 9.25. The topological polar surface area (TPSA) is 41.5 Å².